The van der Waals surface area contributed by atoms with Gasteiger partial charge in [0.15, 0.2) is 7.85 Å². The predicted octanol–water partition coefficient (Wildman–Crippen LogP) is -0.957. The van der Waals surface area contributed by atoms with Gasteiger partial charge in [-0.3, -0.25) is 0 Å². The first-order valence-electron chi connectivity index (χ1n) is 2.55. The Morgan fingerprint density at radius 3 is 2.75 bits per heavy atom. The molecule has 0 fully saturated rings. The molecule has 40 valence electrons. The second-order valence-electron chi connectivity index (χ2n) is 1.75. The lowest BCUT2D eigenvalue weighted by molar-refractivity contribution is 1.08. The lowest BCUT2D eigenvalue weighted by atomic mass is 10.1. The zero-order chi connectivity index (χ0) is 5.98. The highest BCUT2D eigenvalue weighted by atomic mass is 14.8. The maximum atomic E-state index is 4.06. The molecule has 0 amide bonds. The summed E-state index contributed by atoms with van der Waals surface area (Å²) in [6.45, 7) is 1.88. The van der Waals surface area contributed by atoms with E-state index < -0.39 is 0 Å². The first-order valence-corrected chi connectivity index (χ1v) is 2.55. The molecule has 0 N–H and O–H groups in total. The van der Waals surface area contributed by atoms with Crippen LogP contribution in [0.15, 0.2) is 12.3 Å². The Morgan fingerprint density at radius 2 is 2.38 bits per heavy atom. The van der Waals surface area contributed by atoms with Gasteiger partial charge in [0.05, 0.1) is 0 Å². The van der Waals surface area contributed by atoms with Gasteiger partial charge in [-0.1, -0.05) is 0 Å². The van der Waals surface area contributed by atoms with Crippen molar-refractivity contribution in [2.24, 2.45) is 0 Å². The van der Waals surface area contributed by atoms with Crippen LogP contribution in [0.4, 0.5) is 0 Å². The van der Waals surface area contributed by atoms with E-state index in [-0.39, 0.29) is 0 Å². The van der Waals surface area contributed by atoms with Gasteiger partial charge in [0, 0.05) is 6.20 Å². The molecule has 1 heterocycles. The molecule has 1 aromatic heterocycles. The van der Waals surface area contributed by atoms with Gasteiger partial charge >= 0.3 is 0 Å². The van der Waals surface area contributed by atoms with Crippen LogP contribution in [0.5, 0.6) is 0 Å². The molecule has 0 unspecified atom stereocenters. The number of hydrogen-bond acceptors (Lipinski definition) is 2. The van der Waals surface area contributed by atoms with E-state index in [9.17, 15) is 0 Å². The van der Waals surface area contributed by atoms with Gasteiger partial charge in [-0.2, -0.15) is 0 Å². The Labute approximate surface area is 49.4 Å². The molecule has 0 aliphatic heterocycles. The van der Waals surface area contributed by atoms with Crippen molar-refractivity contribution < 1.29 is 0 Å². The molecule has 0 aliphatic rings. The number of aromatic nitrogens is 2. The van der Waals surface area contributed by atoms with Gasteiger partial charge in [-0.15, -0.1) is 0 Å². The first kappa shape index (κ1) is 5.28. The van der Waals surface area contributed by atoms with Crippen LogP contribution in [0.1, 0.15) is 5.82 Å². The van der Waals surface area contributed by atoms with Gasteiger partial charge in [0.1, 0.15) is 5.82 Å². The van der Waals surface area contributed by atoms with E-state index in [1.54, 1.807) is 6.20 Å². The van der Waals surface area contributed by atoms with Crippen molar-refractivity contribution in [2.75, 3.05) is 0 Å². The maximum Gasteiger partial charge on any atom is 0.164 e. The number of nitrogens with zero attached hydrogens (tertiary/aromatic N) is 2. The minimum absolute atomic E-state index is 0.838. The van der Waals surface area contributed by atoms with E-state index in [2.05, 4.69) is 9.97 Å². The average Bonchev–Trinajstić information content (AvgIpc) is 1.64. The van der Waals surface area contributed by atoms with Crippen molar-refractivity contribution in [3.8, 4) is 0 Å². The largest absolute Gasteiger partial charge is 0.249 e. The summed E-state index contributed by atoms with van der Waals surface area (Å²) in [6, 6.07) is 1.88. The highest BCUT2D eigenvalue weighted by Crippen LogP contribution is 1.76. The smallest absolute Gasteiger partial charge is 0.164 e. The lowest BCUT2D eigenvalue weighted by Crippen LogP contribution is -2.08. The molecule has 0 saturated carbocycles. The third kappa shape index (κ3) is 1.06. The monoisotopic (exact) mass is 106 g/mol. The first-order chi connectivity index (χ1) is 3.79. The molecular formula is C5H7BN2. The molecule has 2 nitrogen and oxygen atoms in total. The molecule has 0 aromatic carbocycles. The van der Waals surface area contributed by atoms with Crippen molar-refractivity contribution in [1.29, 1.82) is 0 Å². The van der Waals surface area contributed by atoms with Crippen molar-refractivity contribution in [3.63, 3.8) is 0 Å². The second kappa shape index (κ2) is 1.94. The van der Waals surface area contributed by atoms with Crippen LogP contribution < -0.4 is 5.59 Å². The molecule has 0 atom stereocenters. The van der Waals surface area contributed by atoms with E-state index >= 15 is 0 Å². The Balaban J connectivity index is 3.08. The zero-order valence-electron chi connectivity index (χ0n) is 5.05. The number of hydrogen-bond donors (Lipinski definition) is 0. The summed E-state index contributed by atoms with van der Waals surface area (Å²) in [5.41, 5.74) is 1.03. The second-order valence-corrected chi connectivity index (χ2v) is 1.75. The summed E-state index contributed by atoms with van der Waals surface area (Å²) in [6.07, 6.45) is 1.76. The van der Waals surface area contributed by atoms with Crippen LogP contribution >= 0.6 is 0 Å². The van der Waals surface area contributed by atoms with Crippen LogP contribution in [-0.4, -0.2) is 17.8 Å². The van der Waals surface area contributed by atoms with Crippen molar-refractivity contribution >= 4 is 13.4 Å². The summed E-state index contributed by atoms with van der Waals surface area (Å²) < 4.78 is 0. The van der Waals surface area contributed by atoms with Gasteiger partial charge in [0.25, 0.3) is 0 Å². The third-order valence-corrected chi connectivity index (χ3v) is 0.915. The molecule has 8 heavy (non-hydrogen) atoms. The SMILES string of the molecule is Bc1ccnc(C)n1. The van der Waals surface area contributed by atoms with Crippen LogP contribution in [0.2, 0.25) is 0 Å². The Hall–Kier alpha value is -0.855. The van der Waals surface area contributed by atoms with Gasteiger partial charge < -0.3 is 0 Å². The summed E-state index contributed by atoms with van der Waals surface area (Å²) in [5.74, 6) is 0.838. The summed E-state index contributed by atoms with van der Waals surface area (Å²) >= 11 is 0. The molecule has 1 aromatic rings. The molecule has 0 spiro atoms. The minimum atomic E-state index is 0.838. The van der Waals surface area contributed by atoms with E-state index in [0.717, 1.165) is 11.4 Å². The number of rotatable bonds is 0. The van der Waals surface area contributed by atoms with Crippen LogP contribution in [-0.2, 0) is 0 Å². The van der Waals surface area contributed by atoms with Crippen molar-refractivity contribution in [2.45, 2.75) is 6.92 Å². The molecule has 0 radical (unpaired) electrons. The van der Waals surface area contributed by atoms with Crippen LogP contribution in [0.3, 0.4) is 0 Å². The predicted molar refractivity (Wildman–Crippen MR) is 34.9 cm³/mol. The summed E-state index contributed by atoms with van der Waals surface area (Å²) in [7, 11) is 1.95. The van der Waals surface area contributed by atoms with E-state index in [1.807, 2.05) is 20.8 Å². The topological polar surface area (TPSA) is 25.8 Å². The third-order valence-electron chi connectivity index (χ3n) is 0.915. The van der Waals surface area contributed by atoms with Gasteiger partial charge in [-0.05, 0) is 18.6 Å². The molecule has 0 saturated heterocycles. The van der Waals surface area contributed by atoms with Crippen LogP contribution in [0, 0.1) is 6.92 Å². The lowest BCUT2D eigenvalue weighted by Gasteiger charge is -1.89. The summed E-state index contributed by atoms with van der Waals surface area (Å²) in [5, 5.41) is 0. The highest BCUT2D eigenvalue weighted by molar-refractivity contribution is 6.30. The standard InChI is InChI=1S/C5H7BN2/c1-4-7-3-2-5(6)8-4/h2-3H,6H2,1H3. The Bertz CT molecular complexity index is 170. The van der Waals surface area contributed by atoms with Gasteiger partial charge in [-0.25, -0.2) is 9.97 Å². The molecule has 0 bridgehead atoms. The normalized spacial score (nSPS) is 9.12. The van der Waals surface area contributed by atoms with E-state index in [1.165, 1.54) is 0 Å². The Kier molecular flexibility index (Phi) is 1.28. The number of aryl methyl sites for hydroxylation is 1. The highest BCUT2D eigenvalue weighted by Gasteiger charge is 1.83. The minimum Gasteiger partial charge on any atom is -0.249 e. The summed E-state index contributed by atoms with van der Waals surface area (Å²) in [4.78, 5) is 7.99. The fraction of sp³-hybridized carbons (Fsp3) is 0.200. The molecule has 3 heteroatoms. The molecule has 1 rings (SSSR count). The molecular weight excluding hydrogens is 98.9 g/mol. The zero-order valence-corrected chi connectivity index (χ0v) is 5.05. The van der Waals surface area contributed by atoms with Crippen molar-refractivity contribution in [3.05, 3.63) is 18.1 Å². The Morgan fingerprint density at radius 1 is 1.62 bits per heavy atom. The molecule has 0 aliphatic carbocycles. The average molecular weight is 106 g/mol. The maximum absolute atomic E-state index is 4.06. The fourth-order valence-corrected chi connectivity index (χ4v) is 0.574. The van der Waals surface area contributed by atoms with Crippen molar-refractivity contribution in [1.82, 2.24) is 9.97 Å². The fourth-order valence-electron chi connectivity index (χ4n) is 0.574. The van der Waals surface area contributed by atoms with Crippen LogP contribution in [0.25, 0.3) is 0 Å². The van der Waals surface area contributed by atoms with E-state index in [4.69, 9.17) is 0 Å². The quantitative estimate of drug-likeness (QED) is 0.398. The van der Waals surface area contributed by atoms with E-state index in [0.29, 0.717) is 0 Å². The van der Waals surface area contributed by atoms with Gasteiger partial charge in [0.2, 0.25) is 0 Å².